The molecular weight excluding hydrogens is 342 g/mol. The smallest absolute Gasteiger partial charge is 0.191 e. The molecule has 0 radical (unpaired) electrons. The molecule has 0 aliphatic carbocycles. The van der Waals surface area contributed by atoms with Crippen molar-refractivity contribution in [3.8, 4) is 0 Å². The number of aliphatic imine (C=N–C) groups is 1. The van der Waals surface area contributed by atoms with Crippen molar-refractivity contribution < 1.29 is 0 Å². The van der Waals surface area contributed by atoms with E-state index < -0.39 is 0 Å². The van der Waals surface area contributed by atoms with Crippen LogP contribution in [0.1, 0.15) is 35.4 Å². The molecule has 2 aromatic rings. The Kier molecular flexibility index (Phi) is 8.54. The zero-order valence-electron chi connectivity index (χ0n) is 16.4. The average molecular weight is 374 g/mol. The van der Waals surface area contributed by atoms with Gasteiger partial charge in [0.25, 0.3) is 0 Å². The summed E-state index contributed by atoms with van der Waals surface area (Å²) in [5, 5.41) is 11.5. The zero-order valence-corrected chi connectivity index (χ0v) is 17.2. The van der Waals surface area contributed by atoms with E-state index in [0.29, 0.717) is 0 Å². The molecule has 0 spiro atoms. The molecule has 0 fully saturated rings. The lowest BCUT2D eigenvalue weighted by Crippen LogP contribution is -2.37. The second-order valence-electron chi connectivity index (χ2n) is 6.35. The largest absolute Gasteiger partial charge is 0.356 e. The maximum absolute atomic E-state index is 4.72. The Hall–Kier alpha value is -1.95. The molecule has 0 saturated carbocycles. The molecule has 26 heavy (non-hydrogen) atoms. The highest BCUT2D eigenvalue weighted by Crippen LogP contribution is 2.14. The van der Waals surface area contributed by atoms with Crippen LogP contribution in [0.15, 0.2) is 35.3 Å². The third-order valence-electron chi connectivity index (χ3n) is 4.43. The monoisotopic (exact) mass is 373 g/mol. The standard InChI is InChI=1S/C20H31N5S/c1-16-19(14-23-20(21-3)22-12-8-9-13-26-4)17(2)25(24-16)15-18-10-6-5-7-11-18/h5-7,10-11H,8-9,12-15H2,1-4H3,(H2,21,22,23). The van der Waals surface area contributed by atoms with Gasteiger partial charge in [0.15, 0.2) is 5.96 Å². The molecule has 6 heteroatoms. The first-order valence-electron chi connectivity index (χ1n) is 9.16. The summed E-state index contributed by atoms with van der Waals surface area (Å²) in [4.78, 5) is 4.32. The van der Waals surface area contributed by atoms with Crippen molar-refractivity contribution in [2.75, 3.05) is 25.6 Å². The maximum Gasteiger partial charge on any atom is 0.191 e. The minimum atomic E-state index is 0.733. The first-order valence-corrected chi connectivity index (χ1v) is 10.5. The van der Waals surface area contributed by atoms with Crippen molar-refractivity contribution in [1.82, 2.24) is 20.4 Å². The summed E-state index contributed by atoms with van der Waals surface area (Å²) < 4.78 is 2.08. The minimum absolute atomic E-state index is 0.733. The van der Waals surface area contributed by atoms with Gasteiger partial charge in [0.1, 0.15) is 0 Å². The molecule has 2 rings (SSSR count). The second-order valence-corrected chi connectivity index (χ2v) is 7.33. The molecule has 5 nitrogen and oxygen atoms in total. The number of hydrogen-bond acceptors (Lipinski definition) is 3. The highest BCUT2D eigenvalue weighted by molar-refractivity contribution is 7.98. The molecule has 0 aliphatic heterocycles. The van der Waals surface area contributed by atoms with Gasteiger partial charge in [-0.15, -0.1) is 0 Å². The molecular formula is C20H31N5S. The Balaban J connectivity index is 1.90. The number of aromatic nitrogens is 2. The lowest BCUT2D eigenvalue weighted by atomic mass is 10.2. The number of aryl methyl sites for hydroxylation is 1. The van der Waals surface area contributed by atoms with Crippen molar-refractivity contribution in [3.63, 3.8) is 0 Å². The van der Waals surface area contributed by atoms with Gasteiger partial charge in [0, 0.05) is 31.4 Å². The fourth-order valence-corrected chi connectivity index (χ4v) is 3.36. The second kappa shape index (κ2) is 10.9. The molecule has 1 heterocycles. The van der Waals surface area contributed by atoms with Gasteiger partial charge in [0.2, 0.25) is 0 Å². The molecule has 1 aromatic heterocycles. The third kappa shape index (κ3) is 6.09. The van der Waals surface area contributed by atoms with Crippen LogP contribution < -0.4 is 10.6 Å². The number of unbranched alkanes of at least 4 members (excludes halogenated alkanes) is 1. The van der Waals surface area contributed by atoms with Crippen LogP contribution in [-0.2, 0) is 13.1 Å². The minimum Gasteiger partial charge on any atom is -0.356 e. The summed E-state index contributed by atoms with van der Waals surface area (Å²) in [7, 11) is 1.82. The summed E-state index contributed by atoms with van der Waals surface area (Å²) >= 11 is 1.90. The van der Waals surface area contributed by atoms with Crippen LogP contribution in [0.25, 0.3) is 0 Å². The Labute approximate surface area is 161 Å². The predicted molar refractivity (Wildman–Crippen MR) is 113 cm³/mol. The molecule has 2 N–H and O–H groups in total. The molecule has 142 valence electrons. The Morgan fingerprint density at radius 2 is 1.92 bits per heavy atom. The van der Waals surface area contributed by atoms with E-state index in [1.807, 2.05) is 24.9 Å². The maximum atomic E-state index is 4.72. The average Bonchev–Trinajstić information content (AvgIpc) is 2.91. The molecule has 0 saturated heterocycles. The van der Waals surface area contributed by atoms with Gasteiger partial charge in [-0.1, -0.05) is 30.3 Å². The van der Waals surface area contributed by atoms with E-state index in [-0.39, 0.29) is 0 Å². The molecule has 1 aromatic carbocycles. The predicted octanol–water partition coefficient (Wildman–Crippen LogP) is 3.36. The van der Waals surface area contributed by atoms with E-state index >= 15 is 0 Å². The summed E-state index contributed by atoms with van der Waals surface area (Å²) in [5.41, 5.74) is 4.78. The zero-order chi connectivity index (χ0) is 18.8. The van der Waals surface area contributed by atoms with Gasteiger partial charge >= 0.3 is 0 Å². The van der Waals surface area contributed by atoms with E-state index in [2.05, 4.69) is 64.7 Å². The van der Waals surface area contributed by atoms with E-state index in [1.54, 1.807) is 0 Å². The van der Waals surface area contributed by atoms with E-state index in [4.69, 9.17) is 5.10 Å². The van der Waals surface area contributed by atoms with Crippen molar-refractivity contribution in [2.24, 2.45) is 4.99 Å². The Morgan fingerprint density at radius 3 is 2.62 bits per heavy atom. The number of benzene rings is 1. The van der Waals surface area contributed by atoms with Crippen molar-refractivity contribution >= 4 is 17.7 Å². The van der Waals surface area contributed by atoms with Crippen molar-refractivity contribution in [2.45, 2.75) is 39.8 Å². The molecule has 0 bridgehead atoms. The van der Waals surface area contributed by atoms with Gasteiger partial charge in [0.05, 0.1) is 12.2 Å². The normalized spacial score (nSPS) is 11.6. The fourth-order valence-electron chi connectivity index (χ4n) is 2.87. The summed E-state index contributed by atoms with van der Waals surface area (Å²) in [6.45, 7) is 6.70. The quantitative estimate of drug-likeness (QED) is 0.402. The third-order valence-corrected chi connectivity index (χ3v) is 5.13. The first-order chi connectivity index (χ1) is 12.7. The van der Waals surface area contributed by atoms with E-state index in [1.165, 1.54) is 29.0 Å². The van der Waals surface area contributed by atoms with Crippen molar-refractivity contribution in [1.29, 1.82) is 0 Å². The number of rotatable bonds is 9. The van der Waals surface area contributed by atoms with Crippen LogP contribution in [0.2, 0.25) is 0 Å². The number of nitrogens with one attached hydrogen (secondary N) is 2. The van der Waals surface area contributed by atoms with Gasteiger partial charge in [-0.05, 0) is 44.3 Å². The summed E-state index contributed by atoms with van der Waals surface area (Å²) in [5.74, 6) is 2.07. The van der Waals surface area contributed by atoms with Crippen LogP contribution in [0.4, 0.5) is 0 Å². The van der Waals surface area contributed by atoms with Gasteiger partial charge in [-0.25, -0.2) is 0 Å². The Morgan fingerprint density at radius 1 is 1.15 bits per heavy atom. The fraction of sp³-hybridized carbons (Fsp3) is 0.500. The molecule has 0 atom stereocenters. The van der Waals surface area contributed by atoms with Crippen LogP contribution in [-0.4, -0.2) is 41.3 Å². The lowest BCUT2D eigenvalue weighted by Gasteiger charge is -2.12. The SMILES string of the molecule is CN=C(NCCCCSC)NCc1c(C)nn(Cc2ccccc2)c1C. The number of nitrogens with zero attached hydrogens (tertiary/aromatic N) is 3. The van der Waals surface area contributed by atoms with Crippen LogP contribution in [0.5, 0.6) is 0 Å². The van der Waals surface area contributed by atoms with Crippen LogP contribution in [0, 0.1) is 13.8 Å². The molecule has 0 aliphatic rings. The van der Waals surface area contributed by atoms with Gasteiger partial charge in [-0.3, -0.25) is 9.67 Å². The number of guanidine groups is 1. The Bertz CT molecular complexity index is 694. The van der Waals surface area contributed by atoms with Gasteiger partial charge < -0.3 is 10.6 Å². The van der Waals surface area contributed by atoms with Crippen LogP contribution >= 0.6 is 11.8 Å². The van der Waals surface area contributed by atoms with Crippen molar-refractivity contribution in [3.05, 3.63) is 52.8 Å². The summed E-state index contributed by atoms with van der Waals surface area (Å²) in [6, 6.07) is 10.4. The summed E-state index contributed by atoms with van der Waals surface area (Å²) in [6.07, 6.45) is 4.54. The van der Waals surface area contributed by atoms with Gasteiger partial charge in [-0.2, -0.15) is 16.9 Å². The van der Waals surface area contributed by atoms with E-state index in [9.17, 15) is 0 Å². The number of hydrogen-bond donors (Lipinski definition) is 2. The number of thioether (sulfide) groups is 1. The highest BCUT2D eigenvalue weighted by Gasteiger charge is 2.12. The highest BCUT2D eigenvalue weighted by atomic mass is 32.2. The lowest BCUT2D eigenvalue weighted by molar-refractivity contribution is 0.657. The van der Waals surface area contributed by atoms with E-state index in [0.717, 1.165) is 37.7 Å². The molecule has 0 unspecified atom stereocenters. The first kappa shape index (κ1) is 20.4. The topological polar surface area (TPSA) is 54.2 Å². The molecule has 0 amide bonds. The van der Waals surface area contributed by atoms with Crippen LogP contribution in [0.3, 0.4) is 0 Å².